The Morgan fingerprint density at radius 2 is 1.67 bits per heavy atom. The summed E-state index contributed by atoms with van der Waals surface area (Å²) in [6.45, 7) is 7.78. The van der Waals surface area contributed by atoms with Crippen LogP contribution in [-0.4, -0.2) is 33.0 Å². The van der Waals surface area contributed by atoms with Gasteiger partial charge in [0.15, 0.2) is 0 Å². The van der Waals surface area contributed by atoms with E-state index in [1.165, 1.54) is 0 Å². The van der Waals surface area contributed by atoms with E-state index in [9.17, 15) is 8.42 Å². The van der Waals surface area contributed by atoms with Crippen molar-refractivity contribution in [2.75, 3.05) is 11.0 Å². The SMILES string of the molecule is CC1(C)OB(c2cccc(NS(C)(=O)=O)c2Cl)OC1(C)C. The van der Waals surface area contributed by atoms with Gasteiger partial charge in [0.05, 0.1) is 28.2 Å². The molecule has 1 N–H and O–H groups in total. The summed E-state index contributed by atoms with van der Waals surface area (Å²) in [5, 5.41) is 0.279. The van der Waals surface area contributed by atoms with Gasteiger partial charge in [-0.3, -0.25) is 4.72 Å². The van der Waals surface area contributed by atoms with Crippen LogP contribution in [-0.2, 0) is 19.3 Å². The van der Waals surface area contributed by atoms with Gasteiger partial charge in [-0.15, -0.1) is 0 Å². The lowest BCUT2D eigenvalue weighted by Gasteiger charge is -2.32. The molecule has 8 heteroatoms. The number of sulfonamides is 1. The molecule has 0 aromatic heterocycles. The third-order valence-corrected chi connectivity index (χ3v) is 4.84. The lowest BCUT2D eigenvalue weighted by Crippen LogP contribution is -2.41. The third-order valence-electron chi connectivity index (χ3n) is 3.83. The molecule has 0 amide bonds. The molecule has 1 heterocycles. The number of halogens is 1. The molecule has 21 heavy (non-hydrogen) atoms. The number of hydrogen-bond donors (Lipinski definition) is 1. The van der Waals surface area contributed by atoms with Crippen LogP contribution < -0.4 is 10.2 Å². The zero-order valence-corrected chi connectivity index (χ0v) is 14.3. The van der Waals surface area contributed by atoms with Crippen molar-refractivity contribution in [2.24, 2.45) is 0 Å². The molecule has 0 radical (unpaired) electrons. The number of hydrogen-bond acceptors (Lipinski definition) is 4. The largest absolute Gasteiger partial charge is 0.496 e. The van der Waals surface area contributed by atoms with Crippen molar-refractivity contribution in [2.45, 2.75) is 38.9 Å². The third kappa shape index (κ3) is 3.36. The van der Waals surface area contributed by atoms with Crippen molar-refractivity contribution < 1.29 is 17.7 Å². The lowest BCUT2D eigenvalue weighted by molar-refractivity contribution is 0.00578. The van der Waals surface area contributed by atoms with E-state index in [0.29, 0.717) is 11.2 Å². The summed E-state index contributed by atoms with van der Waals surface area (Å²) in [5.74, 6) is 0. The number of nitrogens with one attached hydrogen (secondary N) is 1. The molecule has 1 aliphatic rings. The molecular formula is C13H19BClNO4S. The molecule has 1 aromatic rings. The minimum Gasteiger partial charge on any atom is -0.399 e. The smallest absolute Gasteiger partial charge is 0.399 e. The zero-order valence-electron chi connectivity index (χ0n) is 12.7. The summed E-state index contributed by atoms with van der Waals surface area (Å²) in [5.41, 5.74) is -0.0574. The van der Waals surface area contributed by atoms with E-state index in [0.717, 1.165) is 6.26 Å². The molecular weight excluding hydrogens is 312 g/mol. The molecule has 0 saturated carbocycles. The molecule has 0 unspecified atom stereocenters. The standard InChI is InChI=1S/C13H19BClNO4S/c1-12(2)13(3,4)20-14(19-12)9-7-6-8-10(11(9)15)16-21(5,17)18/h6-8,16H,1-5H3. The lowest BCUT2D eigenvalue weighted by atomic mass is 9.79. The van der Waals surface area contributed by atoms with Gasteiger partial charge in [0, 0.05) is 5.46 Å². The zero-order chi connectivity index (χ0) is 16.1. The Bertz CT molecular complexity index is 644. The van der Waals surface area contributed by atoms with Gasteiger partial charge < -0.3 is 9.31 Å². The van der Waals surface area contributed by atoms with Crippen LogP contribution in [0.2, 0.25) is 5.02 Å². The van der Waals surface area contributed by atoms with Crippen LogP contribution >= 0.6 is 11.6 Å². The maximum atomic E-state index is 11.4. The molecule has 116 valence electrons. The van der Waals surface area contributed by atoms with Gasteiger partial charge in [-0.25, -0.2) is 8.42 Å². The van der Waals surface area contributed by atoms with E-state index in [4.69, 9.17) is 20.9 Å². The highest BCUT2D eigenvalue weighted by Crippen LogP contribution is 2.37. The fraction of sp³-hybridized carbons (Fsp3) is 0.538. The fourth-order valence-corrected chi connectivity index (χ4v) is 2.87. The second kappa shape index (κ2) is 5.16. The first kappa shape index (κ1) is 16.6. The van der Waals surface area contributed by atoms with Crippen molar-refractivity contribution in [1.82, 2.24) is 0 Å². The Kier molecular flexibility index (Phi) is 4.08. The predicted molar refractivity (Wildman–Crippen MR) is 85.6 cm³/mol. The number of benzene rings is 1. The van der Waals surface area contributed by atoms with Crippen LogP contribution in [0.5, 0.6) is 0 Å². The predicted octanol–water partition coefficient (Wildman–Crippen LogP) is 2.01. The van der Waals surface area contributed by atoms with E-state index in [2.05, 4.69) is 4.72 Å². The Morgan fingerprint density at radius 1 is 1.14 bits per heavy atom. The Balaban J connectivity index is 2.37. The van der Waals surface area contributed by atoms with E-state index >= 15 is 0 Å². The highest BCUT2D eigenvalue weighted by Gasteiger charge is 2.52. The van der Waals surface area contributed by atoms with Gasteiger partial charge in [0.25, 0.3) is 0 Å². The summed E-state index contributed by atoms with van der Waals surface area (Å²) >= 11 is 6.29. The van der Waals surface area contributed by atoms with E-state index in [1.807, 2.05) is 27.7 Å². The van der Waals surface area contributed by atoms with E-state index in [1.54, 1.807) is 18.2 Å². The number of anilines is 1. The summed E-state index contributed by atoms with van der Waals surface area (Å²) in [4.78, 5) is 0. The first-order chi connectivity index (χ1) is 9.43. The van der Waals surface area contributed by atoms with Crippen molar-refractivity contribution in [3.8, 4) is 0 Å². The second-order valence-electron chi connectivity index (χ2n) is 6.17. The molecule has 0 aliphatic carbocycles. The maximum Gasteiger partial charge on any atom is 0.496 e. The number of rotatable bonds is 3. The molecule has 0 bridgehead atoms. The van der Waals surface area contributed by atoms with Crippen LogP contribution in [0.15, 0.2) is 18.2 Å². The topological polar surface area (TPSA) is 64.6 Å². The minimum atomic E-state index is -3.40. The monoisotopic (exact) mass is 331 g/mol. The van der Waals surface area contributed by atoms with Gasteiger partial charge in [-0.2, -0.15) is 0 Å². The Hall–Kier alpha value is -0.755. The van der Waals surface area contributed by atoms with Gasteiger partial charge in [0.2, 0.25) is 10.0 Å². The van der Waals surface area contributed by atoms with Crippen molar-refractivity contribution >= 4 is 39.9 Å². The summed E-state index contributed by atoms with van der Waals surface area (Å²) < 4.78 is 37.0. The van der Waals surface area contributed by atoms with Gasteiger partial charge in [-0.1, -0.05) is 23.7 Å². The molecule has 2 rings (SSSR count). The molecule has 1 aromatic carbocycles. The van der Waals surface area contributed by atoms with Gasteiger partial charge in [-0.05, 0) is 33.8 Å². The average Bonchev–Trinajstić information content (AvgIpc) is 2.49. The fourth-order valence-electron chi connectivity index (χ4n) is 1.98. The summed E-state index contributed by atoms with van der Waals surface area (Å²) in [6, 6.07) is 5.07. The molecule has 1 aliphatic heterocycles. The van der Waals surface area contributed by atoms with Crippen molar-refractivity contribution in [1.29, 1.82) is 0 Å². The van der Waals surface area contributed by atoms with Crippen molar-refractivity contribution in [3.05, 3.63) is 23.2 Å². The molecule has 0 spiro atoms. The molecule has 5 nitrogen and oxygen atoms in total. The minimum absolute atomic E-state index is 0.279. The molecule has 0 atom stereocenters. The molecule has 1 fully saturated rings. The first-order valence-electron chi connectivity index (χ1n) is 6.55. The maximum absolute atomic E-state index is 11.4. The van der Waals surface area contributed by atoms with Gasteiger partial charge in [0.1, 0.15) is 0 Å². The Morgan fingerprint density at radius 3 is 2.14 bits per heavy atom. The van der Waals surface area contributed by atoms with Gasteiger partial charge >= 0.3 is 7.12 Å². The van der Waals surface area contributed by atoms with Crippen LogP contribution in [0.1, 0.15) is 27.7 Å². The first-order valence-corrected chi connectivity index (χ1v) is 8.82. The summed E-state index contributed by atoms with van der Waals surface area (Å²) in [6.07, 6.45) is 1.07. The van der Waals surface area contributed by atoms with E-state index < -0.39 is 28.3 Å². The van der Waals surface area contributed by atoms with E-state index in [-0.39, 0.29) is 5.02 Å². The van der Waals surface area contributed by atoms with Crippen LogP contribution in [0.25, 0.3) is 0 Å². The van der Waals surface area contributed by atoms with Crippen LogP contribution in [0.3, 0.4) is 0 Å². The highest BCUT2D eigenvalue weighted by atomic mass is 35.5. The highest BCUT2D eigenvalue weighted by molar-refractivity contribution is 7.92. The molecule has 1 saturated heterocycles. The Labute approximate surface area is 131 Å². The normalized spacial score (nSPS) is 20.6. The van der Waals surface area contributed by atoms with Crippen LogP contribution in [0.4, 0.5) is 5.69 Å². The summed E-state index contributed by atoms with van der Waals surface area (Å²) in [7, 11) is -4.04. The quantitative estimate of drug-likeness (QED) is 0.861. The second-order valence-corrected chi connectivity index (χ2v) is 8.30. The average molecular weight is 332 g/mol. The van der Waals surface area contributed by atoms with Crippen molar-refractivity contribution in [3.63, 3.8) is 0 Å². The van der Waals surface area contributed by atoms with Crippen LogP contribution in [0, 0.1) is 0 Å².